The van der Waals surface area contributed by atoms with Crippen molar-refractivity contribution in [3.63, 3.8) is 0 Å². The van der Waals surface area contributed by atoms with Crippen molar-refractivity contribution in [3.8, 4) is 0 Å². The van der Waals surface area contributed by atoms with Gasteiger partial charge in [0.05, 0.1) is 25.3 Å². The first-order valence-electron chi connectivity index (χ1n) is 22.5. The summed E-state index contributed by atoms with van der Waals surface area (Å²) < 4.78 is 47.6. The van der Waals surface area contributed by atoms with E-state index in [2.05, 4.69) is 10.6 Å². The zero-order valence-electron chi connectivity index (χ0n) is 38.6. The first-order chi connectivity index (χ1) is 32.2. The first-order valence-corrected chi connectivity index (χ1v) is 22.5. The van der Waals surface area contributed by atoms with Crippen molar-refractivity contribution < 1.29 is 56.5 Å². The van der Waals surface area contributed by atoms with Crippen molar-refractivity contribution in [3.05, 3.63) is 142 Å². The molecule has 16 heteroatoms. The van der Waals surface area contributed by atoms with Crippen LogP contribution >= 0.6 is 0 Å². The number of halogens is 2. The van der Waals surface area contributed by atoms with Gasteiger partial charge in [0.1, 0.15) is 23.7 Å². The number of nitrogens with one attached hydrogen (secondary N) is 2. The fourth-order valence-corrected chi connectivity index (χ4v) is 8.20. The largest absolute Gasteiger partial charge is 0.465 e. The number of rotatable bonds is 20. The van der Waals surface area contributed by atoms with Gasteiger partial charge in [0.15, 0.2) is 12.5 Å². The number of ether oxygens (including phenoxy) is 4. The lowest BCUT2D eigenvalue weighted by molar-refractivity contribution is -0.160. The quantitative estimate of drug-likeness (QED) is 0.0621. The van der Waals surface area contributed by atoms with Crippen molar-refractivity contribution >= 4 is 36.7 Å². The maximum absolute atomic E-state index is 13.6. The number of carbonyl (C=O) groups excluding carboxylic acids is 6. The molecular formula is C51H60F2N4O10. The van der Waals surface area contributed by atoms with E-state index in [1.165, 1.54) is 34.1 Å². The topological polar surface area (TPSA) is 170 Å². The van der Waals surface area contributed by atoms with Gasteiger partial charge in [0.2, 0.25) is 11.8 Å². The van der Waals surface area contributed by atoms with E-state index < -0.39 is 48.6 Å². The van der Waals surface area contributed by atoms with E-state index in [9.17, 15) is 37.5 Å². The Morgan fingerprint density at radius 3 is 1.55 bits per heavy atom. The summed E-state index contributed by atoms with van der Waals surface area (Å²) in [7, 11) is 0. The van der Waals surface area contributed by atoms with E-state index in [1.807, 2.05) is 55.5 Å². The van der Waals surface area contributed by atoms with Gasteiger partial charge in [-0.1, -0.05) is 72.3 Å². The molecule has 6 rings (SSSR count). The van der Waals surface area contributed by atoms with Crippen LogP contribution < -0.4 is 10.6 Å². The third-order valence-electron chi connectivity index (χ3n) is 11.7. The Morgan fingerprint density at radius 1 is 0.627 bits per heavy atom. The van der Waals surface area contributed by atoms with Crippen LogP contribution in [0.25, 0.3) is 0 Å². The van der Waals surface area contributed by atoms with Crippen LogP contribution in [0.5, 0.6) is 0 Å². The van der Waals surface area contributed by atoms with Crippen LogP contribution in [0, 0.1) is 18.6 Å². The summed E-state index contributed by atoms with van der Waals surface area (Å²) in [5.74, 6) is -2.20. The summed E-state index contributed by atoms with van der Waals surface area (Å²) >= 11 is 0. The van der Waals surface area contributed by atoms with Gasteiger partial charge in [-0.05, 0) is 118 Å². The Bertz CT molecular complexity index is 2300. The summed E-state index contributed by atoms with van der Waals surface area (Å²) in [6.45, 7) is 10.3. The highest BCUT2D eigenvalue weighted by Gasteiger charge is 2.37. The van der Waals surface area contributed by atoms with Crippen LogP contribution in [0.1, 0.15) is 79.5 Å². The van der Waals surface area contributed by atoms with Crippen molar-refractivity contribution in [2.24, 2.45) is 0 Å². The maximum atomic E-state index is 13.6. The van der Waals surface area contributed by atoms with Gasteiger partial charge < -0.3 is 28.7 Å². The summed E-state index contributed by atoms with van der Waals surface area (Å²) in [5.41, 5.74) is 6.56. The zero-order chi connectivity index (χ0) is 48.5. The van der Waals surface area contributed by atoms with E-state index in [-0.39, 0.29) is 56.1 Å². The molecule has 14 nitrogen and oxygen atoms in total. The lowest BCUT2D eigenvalue weighted by Gasteiger charge is -2.37. The molecule has 0 unspecified atom stereocenters. The number of esters is 2. The Morgan fingerprint density at radius 2 is 1.07 bits per heavy atom. The monoisotopic (exact) mass is 926 g/mol. The van der Waals surface area contributed by atoms with E-state index in [1.54, 1.807) is 45.9 Å². The fraction of sp³-hybridized carbons (Fsp3) is 0.412. The molecule has 0 fully saturated rings. The van der Waals surface area contributed by atoms with Crippen molar-refractivity contribution in [1.29, 1.82) is 0 Å². The number of fused-ring (bicyclic) bond motifs is 2. The van der Waals surface area contributed by atoms with E-state index in [0.717, 1.165) is 33.4 Å². The number of nitrogens with zero attached hydrogens (tertiary/aromatic N) is 2. The second-order valence-electron chi connectivity index (χ2n) is 16.5. The van der Waals surface area contributed by atoms with Gasteiger partial charge >= 0.3 is 11.9 Å². The molecule has 0 spiro atoms. The van der Waals surface area contributed by atoms with Gasteiger partial charge in [-0.25, -0.2) is 8.78 Å². The molecule has 67 heavy (non-hydrogen) atoms. The van der Waals surface area contributed by atoms with Gasteiger partial charge in [-0.2, -0.15) is 0 Å². The second kappa shape index (κ2) is 25.4. The fourth-order valence-electron chi connectivity index (χ4n) is 8.20. The molecule has 0 bridgehead atoms. The van der Waals surface area contributed by atoms with Gasteiger partial charge in [0.25, 0.3) is 12.9 Å². The minimum Gasteiger partial charge on any atom is -0.465 e. The van der Waals surface area contributed by atoms with Crippen LogP contribution in [0.15, 0.2) is 91.0 Å². The molecule has 0 aromatic heterocycles. The predicted molar refractivity (Wildman–Crippen MR) is 243 cm³/mol. The molecule has 2 aliphatic heterocycles. The molecule has 0 aliphatic carbocycles. The van der Waals surface area contributed by atoms with Gasteiger partial charge in [-0.3, -0.25) is 39.4 Å². The predicted octanol–water partition coefficient (Wildman–Crippen LogP) is 5.81. The highest BCUT2D eigenvalue weighted by Crippen LogP contribution is 2.27. The second-order valence-corrected chi connectivity index (χ2v) is 16.5. The molecule has 2 heterocycles. The molecule has 4 aromatic carbocycles. The normalized spacial score (nSPS) is 16.9. The smallest absolute Gasteiger partial charge is 0.323 e. The number of aryl methyl sites for hydroxylation is 3. The Hall–Kier alpha value is -6.52. The molecule has 2 N–H and O–H groups in total. The van der Waals surface area contributed by atoms with E-state index in [0.29, 0.717) is 50.7 Å². The van der Waals surface area contributed by atoms with Crippen LogP contribution in [-0.2, 0) is 86.5 Å². The van der Waals surface area contributed by atoms with Crippen LogP contribution in [-0.4, -0.2) is 96.3 Å². The lowest BCUT2D eigenvalue weighted by atomic mass is 9.96. The molecule has 0 saturated carbocycles. The Balaban J connectivity index is 0.000000251. The summed E-state index contributed by atoms with van der Waals surface area (Å²) in [6.07, 6.45) is 1.00. The number of amides is 2. The number of hydrogen-bond acceptors (Lipinski definition) is 12. The summed E-state index contributed by atoms with van der Waals surface area (Å²) in [4.78, 5) is 76.9. The summed E-state index contributed by atoms with van der Waals surface area (Å²) in [5, 5.41) is 6.19. The third kappa shape index (κ3) is 14.7. The molecule has 4 aromatic rings. The molecule has 0 saturated heterocycles. The molecule has 0 radical (unpaired) electrons. The number of carbonyl (C=O) groups is 6. The maximum Gasteiger partial charge on any atom is 0.323 e. The molecule has 2 aliphatic rings. The highest BCUT2D eigenvalue weighted by molar-refractivity contribution is 5.84. The average Bonchev–Trinajstić information content (AvgIpc) is 3.32. The highest BCUT2D eigenvalue weighted by atomic mass is 19.1. The van der Waals surface area contributed by atoms with Crippen molar-refractivity contribution in [1.82, 2.24) is 20.4 Å². The first kappa shape index (κ1) is 51.5. The third-order valence-corrected chi connectivity index (χ3v) is 11.7. The van der Waals surface area contributed by atoms with Crippen LogP contribution in [0.4, 0.5) is 8.78 Å². The van der Waals surface area contributed by atoms with Crippen molar-refractivity contribution in [2.45, 2.75) is 123 Å². The van der Waals surface area contributed by atoms with Crippen molar-refractivity contribution in [2.75, 3.05) is 13.2 Å². The standard InChI is InChI=1S/C26H31FN2O5.C25H29FN2O5/c1-4-33-26(32)23(12-8-19-6-10-22(27)11-7-19)28-18(3)25(31)29-15-20-9-5-17(2)13-21(20)14-24(29)34-16-30;1-3-32-25(31)22(12-9-18-7-5-4-6-8-18)27-17(2)24(30)28-15-19-10-11-21(26)13-20(19)14-23(28)33-16-29/h5-7,9-11,13,16,18,23-24,28H,4,8,12,14-15H2,1-3H3;4-8,10-11,13,16-17,22-23,27H,3,9,12,14-15H2,1-2H3/t18-,23-,24+;17-,22-,23+/m00/s1. The molecule has 6 atom stereocenters. The average molecular weight is 927 g/mol. The molecular weight excluding hydrogens is 867 g/mol. The van der Waals surface area contributed by atoms with E-state index >= 15 is 0 Å². The number of hydrogen-bond donors (Lipinski definition) is 2. The molecule has 358 valence electrons. The summed E-state index contributed by atoms with van der Waals surface area (Å²) in [6, 6.07) is 23.3. The molecule has 2 amide bonds. The van der Waals surface area contributed by atoms with Crippen LogP contribution in [0.3, 0.4) is 0 Å². The SMILES string of the molecule is CCOC(=O)[C@H](CCc1ccc(F)cc1)N[C@@H](C)C(=O)N1Cc2ccc(C)cc2C[C@H]1OC=O.CCOC(=O)[C@H](CCc1ccccc1)N[C@@H](C)C(=O)N1Cc2ccc(F)cc2C[C@H]1OC=O. The minimum atomic E-state index is -0.848. The Labute approximate surface area is 390 Å². The van der Waals surface area contributed by atoms with Crippen LogP contribution in [0.2, 0.25) is 0 Å². The zero-order valence-corrected chi connectivity index (χ0v) is 38.6. The van der Waals surface area contributed by atoms with Gasteiger partial charge in [-0.15, -0.1) is 0 Å². The Kier molecular flexibility index (Phi) is 19.5. The van der Waals surface area contributed by atoms with Gasteiger partial charge in [0, 0.05) is 25.9 Å². The van der Waals surface area contributed by atoms with E-state index in [4.69, 9.17) is 18.9 Å². The minimum absolute atomic E-state index is 0.174. The lowest BCUT2D eigenvalue weighted by Crippen LogP contribution is -2.55. The number of benzene rings is 4.